The Morgan fingerprint density at radius 2 is 2.36 bits per heavy atom. The molecule has 14 heavy (non-hydrogen) atoms. The van der Waals surface area contributed by atoms with Gasteiger partial charge in [-0.2, -0.15) is 0 Å². The van der Waals surface area contributed by atoms with Crippen molar-refractivity contribution < 1.29 is 9.90 Å². The first-order valence-electron chi connectivity index (χ1n) is 4.05. The van der Waals surface area contributed by atoms with Gasteiger partial charge in [0.2, 0.25) is 0 Å². The predicted molar refractivity (Wildman–Crippen MR) is 57.4 cm³/mol. The summed E-state index contributed by atoms with van der Waals surface area (Å²) in [6.45, 7) is 0. The van der Waals surface area contributed by atoms with Crippen molar-refractivity contribution in [3.8, 4) is 0 Å². The SMILES string of the molecule is O=C1C(O)SCN1c1cccc(Cl)c1. The fourth-order valence-corrected chi connectivity index (χ4v) is 2.28. The summed E-state index contributed by atoms with van der Waals surface area (Å²) in [7, 11) is 0. The molecular formula is C9H8ClNO2S. The number of thioether (sulfide) groups is 1. The van der Waals surface area contributed by atoms with Crippen molar-refractivity contribution in [1.82, 2.24) is 0 Å². The Balaban J connectivity index is 2.28. The summed E-state index contributed by atoms with van der Waals surface area (Å²) in [5.41, 5.74) is -0.208. The zero-order chi connectivity index (χ0) is 10.1. The summed E-state index contributed by atoms with van der Waals surface area (Å²) in [6.07, 6.45) is 0. The quantitative estimate of drug-likeness (QED) is 0.797. The molecule has 3 nitrogen and oxygen atoms in total. The number of halogens is 1. The van der Waals surface area contributed by atoms with Gasteiger partial charge in [0.25, 0.3) is 5.91 Å². The number of amides is 1. The Morgan fingerprint density at radius 3 is 2.93 bits per heavy atom. The van der Waals surface area contributed by atoms with Crippen LogP contribution in [0.3, 0.4) is 0 Å². The molecule has 1 fully saturated rings. The molecule has 1 heterocycles. The minimum absolute atomic E-state index is 0.280. The van der Waals surface area contributed by atoms with Crippen LogP contribution in [0.15, 0.2) is 24.3 Å². The van der Waals surface area contributed by atoms with Gasteiger partial charge in [-0.3, -0.25) is 9.69 Å². The molecular weight excluding hydrogens is 222 g/mol. The highest BCUT2D eigenvalue weighted by atomic mass is 35.5. The van der Waals surface area contributed by atoms with Gasteiger partial charge < -0.3 is 5.11 Å². The van der Waals surface area contributed by atoms with E-state index in [4.69, 9.17) is 11.6 Å². The third-order valence-electron chi connectivity index (χ3n) is 1.96. The van der Waals surface area contributed by atoms with E-state index in [1.165, 1.54) is 16.7 Å². The molecule has 0 bridgehead atoms. The normalized spacial score (nSPS) is 21.7. The number of aliphatic hydroxyl groups is 1. The number of nitrogens with zero attached hydrogens (tertiary/aromatic N) is 1. The van der Waals surface area contributed by atoms with E-state index in [1.807, 2.05) is 0 Å². The molecule has 74 valence electrons. The third-order valence-corrected chi connectivity index (χ3v) is 3.12. The molecule has 1 aromatic carbocycles. The summed E-state index contributed by atoms with van der Waals surface area (Å²) in [5.74, 6) is 0.192. The number of carbonyl (C=O) groups excluding carboxylic acids is 1. The fraction of sp³-hybridized carbons (Fsp3) is 0.222. The minimum Gasteiger partial charge on any atom is -0.373 e. The van der Waals surface area contributed by atoms with Crippen LogP contribution in [-0.2, 0) is 4.79 Å². The fourth-order valence-electron chi connectivity index (χ4n) is 1.26. The number of anilines is 1. The monoisotopic (exact) mass is 229 g/mol. The van der Waals surface area contributed by atoms with Gasteiger partial charge in [0.15, 0.2) is 5.44 Å². The zero-order valence-corrected chi connectivity index (χ0v) is 8.76. The van der Waals surface area contributed by atoms with Gasteiger partial charge in [0, 0.05) is 10.7 Å². The number of benzene rings is 1. The van der Waals surface area contributed by atoms with E-state index < -0.39 is 5.44 Å². The number of rotatable bonds is 1. The Bertz CT molecular complexity index is 372. The number of hydrogen-bond donors (Lipinski definition) is 1. The molecule has 0 aliphatic carbocycles. The van der Waals surface area contributed by atoms with E-state index in [2.05, 4.69) is 0 Å². The highest BCUT2D eigenvalue weighted by Gasteiger charge is 2.31. The molecule has 0 radical (unpaired) electrons. The second-order valence-electron chi connectivity index (χ2n) is 2.89. The summed E-state index contributed by atoms with van der Waals surface area (Å²) >= 11 is 7.00. The highest BCUT2D eigenvalue weighted by Crippen LogP contribution is 2.29. The molecule has 1 saturated heterocycles. The first-order valence-corrected chi connectivity index (χ1v) is 5.48. The third kappa shape index (κ3) is 1.73. The van der Waals surface area contributed by atoms with Gasteiger partial charge >= 0.3 is 0 Å². The molecule has 1 aliphatic rings. The van der Waals surface area contributed by atoms with Crippen LogP contribution in [-0.4, -0.2) is 22.3 Å². The van der Waals surface area contributed by atoms with Gasteiger partial charge in [0.1, 0.15) is 0 Å². The molecule has 5 heteroatoms. The van der Waals surface area contributed by atoms with Crippen molar-refractivity contribution in [2.24, 2.45) is 0 Å². The molecule has 0 aromatic heterocycles. The van der Waals surface area contributed by atoms with Crippen LogP contribution in [0.25, 0.3) is 0 Å². The molecule has 1 unspecified atom stereocenters. The van der Waals surface area contributed by atoms with Crippen LogP contribution in [0, 0.1) is 0 Å². The number of hydrogen-bond acceptors (Lipinski definition) is 3. The van der Waals surface area contributed by atoms with Crippen LogP contribution < -0.4 is 4.90 Å². The first kappa shape index (κ1) is 9.83. The smallest absolute Gasteiger partial charge is 0.267 e. The lowest BCUT2D eigenvalue weighted by Gasteiger charge is -2.14. The average molecular weight is 230 g/mol. The Kier molecular flexibility index (Phi) is 2.67. The topological polar surface area (TPSA) is 40.5 Å². The lowest BCUT2D eigenvalue weighted by atomic mass is 10.3. The predicted octanol–water partition coefficient (Wildman–Crippen LogP) is 1.70. The second kappa shape index (κ2) is 3.81. The summed E-state index contributed by atoms with van der Waals surface area (Å²) < 4.78 is 0. The van der Waals surface area contributed by atoms with E-state index in [0.29, 0.717) is 10.9 Å². The van der Waals surface area contributed by atoms with Crippen LogP contribution in [0.5, 0.6) is 0 Å². The molecule has 0 saturated carbocycles. The van der Waals surface area contributed by atoms with Gasteiger partial charge in [0.05, 0.1) is 5.88 Å². The van der Waals surface area contributed by atoms with E-state index in [-0.39, 0.29) is 5.91 Å². The van der Waals surface area contributed by atoms with Gasteiger partial charge in [-0.1, -0.05) is 29.4 Å². The van der Waals surface area contributed by atoms with Crippen molar-refractivity contribution in [3.05, 3.63) is 29.3 Å². The maximum atomic E-state index is 11.4. The molecule has 1 aromatic rings. The molecule has 1 amide bonds. The maximum Gasteiger partial charge on any atom is 0.267 e. The standard InChI is InChI=1S/C9H8ClNO2S/c10-6-2-1-3-7(4-6)11-5-14-9(13)8(11)12/h1-4,9,13H,5H2. The van der Waals surface area contributed by atoms with E-state index in [9.17, 15) is 9.90 Å². The van der Waals surface area contributed by atoms with Crippen molar-refractivity contribution >= 4 is 35.0 Å². The van der Waals surface area contributed by atoms with Crippen LogP contribution in [0.2, 0.25) is 5.02 Å². The van der Waals surface area contributed by atoms with Gasteiger partial charge in [-0.05, 0) is 18.2 Å². The van der Waals surface area contributed by atoms with Gasteiger partial charge in [-0.15, -0.1) is 0 Å². The van der Waals surface area contributed by atoms with E-state index >= 15 is 0 Å². The lowest BCUT2D eigenvalue weighted by molar-refractivity contribution is -0.121. The molecule has 1 aliphatic heterocycles. The van der Waals surface area contributed by atoms with Crippen molar-refractivity contribution in [3.63, 3.8) is 0 Å². The van der Waals surface area contributed by atoms with Crippen molar-refractivity contribution in [2.75, 3.05) is 10.8 Å². The summed E-state index contributed by atoms with van der Waals surface area (Å²) in [4.78, 5) is 12.9. The number of aliphatic hydroxyl groups excluding tert-OH is 1. The molecule has 0 spiro atoms. The van der Waals surface area contributed by atoms with Crippen molar-refractivity contribution in [2.45, 2.75) is 5.44 Å². The highest BCUT2D eigenvalue weighted by molar-refractivity contribution is 8.01. The Labute approximate surface area is 90.7 Å². The van der Waals surface area contributed by atoms with Gasteiger partial charge in [-0.25, -0.2) is 0 Å². The van der Waals surface area contributed by atoms with E-state index in [1.54, 1.807) is 24.3 Å². The van der Waals surface area contributed by atoms with Crippen molar-refractivity contribution in [1.29, 1.82) is 0 Å². The molecule has 2 rings (SSSR count). The zero-order valence-electron chi connectivity index (χ0n) is 7.18. The summed E-state index contributed by atoms with van der Waals surface area (Å²) in [6, 6.07) is 7.02. The minimum atomic E-state index is -0.936. The Morgan fingerprint density at radius 1 is 1.57 bits per heavy atom. The van der Waals surface area contributed by atoms with Crippen LogP contribution in [0.4, 0.5) is 5.69 Å². The largest absolute Gasteiger partial charge is 0.373 e. The van der Waals surface area contributed by atoms with Crippen LogP contribution in [0.1, 0.15) is 0 Å². The maximum absolute atomic E-state index is 11.4. The second-order valence-corrected chi connectivity index (χ2v) is 4.37. The first-order chi connectivity index (χ1) is 6.68. The molecule has 1 atom stereocenters. The lowest BCUT2D eigenvalue weighted by Crippen LogP contribution is -2.28. The summed E-state index contributed by atoms with van der Waals surface area (Å²) in [5, 5.41) is 9.82. The Hall–Kier alpha value is -0.710. The molecule has 1 N–H and O–H groups in total. The number of carbonyl (C=O) groups is 1. The van der Waals surface area contributed by atoms with Crippen LogP contribution >= 0.6 is 23.4 Å². The van der Waals surface area contributed by atoms with E-state index in [0.717, 1.165) is 5.69 Å². The average Bonchev–Trinajstić information content (AvgIpc) is 2.48.